The van der Waals surface area contributed by atoms with Gasteiger partial charge in [0.05, 0.1) is 0 Å². The lowest BCUT2D eigenvalue weighted by Crippen LogP contribution is -1.77. The van der Waals surface area contributed by atoms with Crippen molar-refractivity contribution in [2.24, 2.45) is 0 Å². The first-order valence-electron chi connectivity index (χ1n) is 2.75. The Kier molecular flexibility index (Phi) is 2.96. The molecule has 0 spiro atoms. The van der Waals surface area contributed by atoms with Gasteiger partial charge in [-0.1, -0.05) is 18.2 Å². The van der Waals surface area contributed by atoms with Gasteiger partial charge in [0.15, 0.2) is 0 Å². The predicted octanol–water partition coefficient (Wildman–Crippen LogP) is 3.81. The molecule has 54 valence electrons. The summed E-state index contributed by atoms with van der Waals surface area (Å²) in [4.78, 5) is 1.24. The van der Waals surface area contributed by atoms with Crippen LogP contribution in [0.1, 0.15) is 4.88 Å². The van der Waals surface area contributed by atoms with E-state index in [-0.39, 0.29) is 0 Å². The molecule has 0 bridgehead atoms. The molecule has 0 aliphatic carbocycles. The highest BCUT2D eigenvalue weighted by molar-refractivity contribution is 9.10. The molecule has 0 unspecified atom stereocenters. The van der Waals surface area contributed by atoms with Crippen LogP contribution in [0.5, 0.6) is 0 Å². The summed E-state index contributed by atoms with van der Waals surface area (Å²) in [6.45, 7) is 3.62. The fraction of sp³-hybridized carbons (Fsp3) is 0.143. The van der Waals surface area contributed by atoms with Crippen LogP contribution in [-0.4, -0.2) is 0 Å². The molecule has 0 saturated carbocycles. The second kappa shape index (κ2) is 3.56. The molecule has 0 saturated heterocycles. The van der Waals surface area contributed by atoms with E-state index in [0.717, 1.165) is 10.9 Å². The Morgan fingerprint density at radius 3 is 2.90 bits per heavy atom. The molecule has 0 amide bonds. The van der Waals surface area contributed by atoms with E-state index in [4.69, 9.17) is 11.6 Å². The van der Waals surface area contributed by atoms with E-state index < -0.39 is 0 Å². The largest absolute Gasteiger partial charge is 0.147 e. The van der Waals surface area contributed by atoms with E-state index in [1.807, 2.05) is 11.4 Å². The molecule has 1 aromatic rings. The van der Waals surface area contributed by atoms with Crippen molar-refractivity contribution in [3.63, 3.8) is 0 Å². The Hall–Kier alpha value is 0.210. The van der Waals surface area contributed by atoms with Gasteiger partial charge in [-0.3, -0.25) is 0 Å². The summed E-state index contributed by atoms with van der Waals surface area (Å²) < 4.78 is 1.12. The lowest BCUT2D eigenvalue weighted by atomic mass is 10.3. The minimum atomic E-state index is 0.683. The van der Waals surface area contributed by atoms with E-state index in [1.165, 1.54) is 4.88 Å². The number of hydrogen-bond donors (Lipinski definition) is 0. The molecule has 10 heavy (non-hydrogen) atoms. The zero-order chi connectivity index (χ0) is 7.56. The summed E-state index contributed by atoms with van der Waals surface area (Å²) in [6, 6.07) is 2.01. The monoisotopic (exact) mass is 236 g/mol. The van der Waals surface area contributed by atoms with Crippen LogP contribution in [0.25, 0.3) is 0 Å². The summed E-state index contributed by atoms with van der Waals surface area (Å²) in [5.74, 6) is 0. The molecule has 1 rings (SSSR count). The normalized spacial score (nSPS) is 9.80. The van der Waals surface area contributed by atoms with Crippen LogP contribution in [0.2, 0.25) is 0 Å². The molecule has 0 nitrogen and oxygen atoms in total. The average molecular weight is 238 g/mol. The standard InChI is InChI=1S/C7H6BrClS/c1-5(9)4-7-6(8)2-3-10-7/h2-3H,1,4H2. The first kappa shape index (κ1) is 8.31. The Morgan fingerprint density at radius 1 is 1.80 bits per heavy atom. The molecule has 0 radical (unpaired) electrons. The molecular weight excluding hydrogens is 232 g/mol. The Labute approximate surface area is 77.6 Å². The van der Waals surface area contributed by atoms with Crippen LogP contribution in [0.3, 0.4) is 0 Å². The highest BCUT2D eigenvalue weighted by Gasteiger charge is 2.00. The van der Waals surface area contributed by atoms with E-state index in [2.05, 4.69) is 22.5 Å². The summed E-state index contributed by atoms with van der Waals surface area (Å²) >= 11 is 10.7. The highest BCUT2D eigenvalue weighted by Crippen LogP contribution is 2.25. The van der Waals surface area contributed by atoms with Crippen molar-refractivity contribution in [2.75, 3.05) is 0 Å². The quantitative estimate of drug-likeness (QED) is 0.734. The third kappa shape index (κ3) is 2.11. The predicted molar refractivity (Wildman–Crippen MR) is 50.7 cm³/mol. The first-order valence-corrected chi connectivity index (χ1v) is 4.80. The maximum absolute atomic E-state index is 5.63. The van der Waals surface area contributed by atoms with Gasteiger partial charge in [-0.15, -0.1) is 11.3 Å². The van der Waals surface area contributed by atoms with Crippen molar-refractivity contribution in [3.05, 3.63) is 32.4 Å². The maximum Gasteiger partial charge on any atom is 0.0318 e. The molecule has 0 N–H and O–H groups in total. The molecule has 1 aromatic heterocycles. The minimum absolute atomic E-state index is 0.683. The van der Waals surface area contributed by atoms with Crippen molar-refractivity contribution in [2.45, 2.75) is 6.42 Å². The Bertz CT molecular complexity index is 242. The van der Waals surface area contributed by atoms with Gasteiger partial charge in [-0.2, -0.15) is 0 Å². The minimum Gasteiger partial charge on any atom is -0.147 e. The molecule has 0 aliphatic heterocycles. The topological polar surface area (TPSA) is 0 Å². The summed E-state index contributed by atoms with van der Waals surface area (Å²) in [5.41, 5.74) is 0. The number of rotatable bonds is 2. The van der Waals surface area contributed by atoms with Crippen LogP contribution in [-0.2, 0) is 6.42 Å². The van der Waals surface area contributed by atoms with Crippen LogP contribution in [0.15, 0.2) is 27.5 Å². The van der Waals surface area contributed by atoms with Crippen LogP contribution < -0.4 is 0 Å². The average Bonchev–Trinajstić information content (AvgIpc) is 2.15. The highest BCUT2D eigenvalue weighted by atomic mass is 79.9. The SMILES string of the molecule is C=C(Cl)Cc1sccc1Br. The van der Waals surface area contributed by atoms with Crippen LogP contribution in [0.4, 0.5) is 0 Å². The van der Waals surface area contributed by atoms with E-state index in [0.29, 0.717) is 5.03 Å². The molecule has 0 atom stereocenters. The molecular formula is C7H6BrClS. The van der Waals surface area contributed by atoms with Gasteiger partial charge < -0.3 is 0 Å². The smallest absolute Gasteiger partial charge is 0.0318 e. The van der Waals surface area contributed by atoms with Gasteiger partial charge >= 0.3 is 0 Å². The van der Waals surface area contributed by atoms with Gasteiger partial charge in [-0.05, 0) is 27.4 Å². The van der Waals surface area contributed by atoms with Gasteiger partial charge in [0.2, 0.25) is 0 Å². The van der Waals surface area contributed by atoms with Crippen molar-refractivity contribution < 1.29 is 0 Å². The lowest BCUT2D eigenvalue weighted by molar-refractivity contribution is 1.30. The van der Waals surface area contributed by atoms with Crippen molar-refractivity contribution in [3.8, 4) is 0 Å². The van der Waals surface area contributed by atoms with Crippen molar-refractivity contribution >= 4 is 38.9 Å². The maximum atomic E-state index is 5.63. The number of thiophene rings is 1. The van der Waals surface area contributed by atoms with Gasteiger partial charge in [0.25, 0.3) is 0 Å². The molecule has 1 heterocycles. The van der Waals surface area contributed by atoms with Crippen LogP contribution in [0, 0.1) is 0 Å². The second-order valence-electron chi connectivity index (χ2n) is 1.89. The second-order valence-corrected chi connectivity index (χ2v) is 4.28. The zero-order valence-electron chi connectivity index (χ0n) is 5.23. The fourth-order valence-electron chi connectivity index (χ4n) is 0.625. The third-order valence-electron chi connectivity index (χ3n) is 1.04. The first-order chi connectivity index (χ1) is 4.70. The van der Waals surface area contributed by atoms with Crippen molar-refractivity contribution in [1.82, 2.24) is 0 Å². The molecule has 0 aliphatic rings. The summed E-state index contributed by atoms with van der Waals surface area (Å²) in [5, 5.41) is 2.71. The fourth-order valence-corrected chi connectivity index (χ4v) is 2.37. The number of hydrogen-bond acceptors (Lipinski definition) is 1. The summed E-state index contributed by atoms with van der Waals surface area (Å²) in [7, 11) is 0. The lowest BCUT2D eigenvalue weighted by Gasteiger charge is -1.93. The van der Waals surface area contributed by atoms with E-state index in [1.54, 1.807) is 11.3 Å². The Morgan fingerprint density at radius 2 is 2.50 bits per heavy atom. The van der Waals surface area contributed by atoms with Crippen molar-refractivity contribution in [1.29, 1.82) is 0 Å². The Balaban J connectivity index is 2.74. The van der Waals surface area contributed by atoms with Gasteiger partial charge in [0, 0.05) is 20.8 Å². The molecule has 0 aromatic carbocycles. The number of allylic oxidation sites excluding steroid dienone is 1. The number of halogens is 2. The van der Waals surface area contributed by atoms with Gasteiger partial charge in [0.1, 0.15) is 0 Å². The molecule has 3 heteroatoms. The van der Waals surface area contributed by atoms with Gasteiger partial charge in [-0.25, -0.2) is 0 Å². The van der Waals surface area contributed by atoms with Crippen LogP contribution >= 0.6 is 38.9 Å². The third-order valence-corrected chi connectivity index (χ3v) is 3.10. The molecule has 0 fully saturated rings. The summed E-state index contributed by atoms with van der Waals surface area (Å²) in [6.07, 6.45) is 0.764. The zero-order valence-corrected chi connectivity index (χ0v) is 8.39. The van der Waals surface area contributed by atoms with E-state index >= 15 is 0 Å². The van der Waals surface area contributed by atoms with E-state index in [9.17, 15) is 0 Å².